The van der Waals surface area contributed by atoms with Crippen LogP contribution in [0.4, 0.5) is 4.79 Å². The van der Waals surface area contributed by atoms with Crippen LogP contribution in [-0.2, 0) is 20.0 Å². The minimum atomic E-state index is -0.0624. The van der Waals surface area contributed by atoms with Gasteiger partial charge in [0.15, 0.2) is 5.82 Å². The molecule has 22 heavy (non-hydrogen) atoms. The van der Waals surface area contributed by atoms with Crippen LogP contribution < -0.4 is 5.32 Å². The van der Waals surface area contributed by atoms with Gasteiger partial charge in [0.05, 0.1) is 13.6 Å². The first-order chi connectivity index (χ1) is 10.6. The smallest absolute Gasteiger partial charge is 0.317 e. The molecule has 1 fully saturated rings. The first-order valence-electron chi connectivity index (χ1n) is 7.41. The number of carbonyl (C=O) groups is 1. The maximum atomic E-state index is 12.0. The molecule has 0 aliphatic carbocycles. The maximum Gasteiger partial charge on any atom is 0.317 e. The number of hydrogen-bond donors (Lipinski definition) is 1. The summed E-state index contributed by atoms with van der Waals surface area (Å²) in [6.07, 6.45) is 1.02. The molecule has 7 nitrogen and oxygen atoms in total. The van der Waals surface area contributed by atoms with Crippen molar-refractivity contribution in [1.29, 1.82) is 0 Å². The van der Waals surface area contributed by atoms with E-state index in [0.717, 1.165) is 19.5 Å². The Labute approximate surface area is 129 Å². The van der Waals surface area contributed by atoms with E-state index in [1.165, 1.54) is 15.9 Å². The molecule has 1 aliphatic rings. The van der Waals surface area contributed by atoms with Crippen molar-refractivity contribution in [3.8, 4) is 0 Å². The van der Waals surface area contributed by atoms with Crippen LogP contribution in [0.1, 0.15) is 17.0 Å². The minimum Gasteiger partial charge on any atom is -0.331 e. The van der Waals surface area contributed by atoms with Gasteiger partial charge < -0.3 is 10.2 Å². The first-order valence-corrected chi connectivity index (χ1v) is 7.41. The number of urea groups is 1. The fraction of sp³-hybridized carbons (Fsp3) is 0.467. The molecule has 0 saturated carbocycles. The Kier molecular flexibility index (Phi) is 4.04. The lowest BCUT2D eigenvalue weighted by atomic mass is 9.92. The van der Waals surface area contributed by atoms with E-state index in [1.54, 1.807) is 7.05 Å². The van der Waals surface area contributed by atoms with Gasteiger partial charge >= 0.3 is 6.03 Å². The number of nitrogens with zero attached hydrogens (tertiary/aromatic N) is 5. The molecular formula is C15H20N6O. The number of rotatable bonds is 4. The molecule has 0 spiro atoms. The van der Waals surface area contributed by atoms with Gasteiger partial charge in [-0.2, -0.15) is 4.80 Å². The van der Waals surface area contributed by atoms with E-state index in [2.05, 4.69) is 51.9 Å². The van der Waals surface area contributed by atoms with Gasteiger partial charge in [-0.25, -0.2) is 4.79 Å². The number of nitrogens with one attached hydrogen (secondary N) is 1. The third-order valence-electron chi connectivity index (χ3n) is 3.84. The highest BCUT2D eigenvalue weighted by molar-refractivity contribution is 5.74. The number of hydrogen-bond acceptors (Lipinski definition) is 4. The summed E-state index contributed by atoms with van der Waals surface area (Å²) in [4.78, 5) is 15.2. The SMILES string of the molecule is Cc1ccc(CC2CN(C(=O)NCc3nnn(C)n3)C2)cc1. The Morgan fingerprint density at radius 3 is 2.68 bits per heavy atom. The van der Waals surface area contributed by atoms with E-state index in [-0.39, 0.29) is 6.03 Å². The van der Waals surface area contributed by atoms with Gasteiger partial charge in [-0.1, -0.05) is 29.8 Å². The molecule has 0 atom stereocenters. The summed E-state index contributed by atoms with van der Waals surface area (Å²) in [7, 11) is 1.70. The first kappa shape index (κ1) is 14.5. The van der Waals surface area contributed by atoms with Crippen LogP contribution in [0.25, 0.3) is 0 Å². The molecule has 2 amide bonds. The molecule has 1 aromatic carbocycles. The van der Waals surface area contributed by atoms with E-state index in [9.17, 15) is 4.79 Å². The zero-order valence-electron chi connectivity index (χ0n) is 12.9. The average Bonchev–Trinajstić information content (AvgIpc) is 2.87. The summed E-state index contributed by atoms with van der Waals surface area (Å²) in [6, 6.07) is 8.53. The standard InChI is InChI=1S/C15H20N6O/c1-11-3-5-12(6-4-11)7-13-9-21(10-13)15(22)16-8-14-17-19-20(2)18-14/h3-6,13H,7-10H2,1-2H3,(H,16,22). The van der Waals surface area contributed by atoms with Crippen LogP contribution in [-0.4, -0.2) is 44.2 Å². The Hall–Kier alpha value is -2.44. The number of likely N-dealkylation sites (tertiary alicyclic amines) is 1. The van der Waals surface area contributed by atoms with Crippen molar-refractivity contribution >= 4 is 6.03 Å². The fourth-order valence-electron chi connectivity index (χ4n) is 2.58. The van der Waals surface area contributed by atoms with Crippen LogP contribution in [0.2, 0.25) is 0 Å². The van der Waals surface area contributed by atoms with E-state index in [1.807, 2.05) is 4.90 Å². The van der Waals surface area contributed by atoms with Gasteiger partial charge in [-0.05, 0) is 30.0 Å². The molecule has 2 aromatic rings. The fourth-order valence-corrected chi connectivity index (χ4v) is 2.58. The second-order valence-corrected chi connectivity index (χ2v) is 5.81. The molecular weight excluding hydrogens is 280 g/mol. The van der Waals surface area contributed by atoms with Crippen LogP contribution in [0, 0.1) is 12.8 Å². The minimum absolute atomic E-state index is 0.0624. The molecule has 2 heterocycles. The zero-order valence-corrected chi connectivity index (χ0v) is 12.9. The van der Waals surface area contributed by atoms with Crippen molar-refractivity contribution < 1.29 is 4.79 Å². The second-order valence-electron chi connectivity index (χ2n) is 5.81. The molecule has 7 heteroatoms. The molecule has 1 N–H and O–H groups in total. The Balaban J connectivity index is 1.40. The molecule has 0 bridgehead atoms. The number of amides is 2. The van der Waals surface area contributed by atoms with Crippen molar-refractivity contribution in [2.45, 2.75) is 19.9 Å². The van der Waals surface area contributed by atoms with Crippen molar-refractivity contribution in [2.24, 2.45) is 13.0 Å². The number of benzene rings is 1. The van der Waals surface area contributed by atoms with Gasteiger partial charge in [-0.3, -0.25) is 0 Å². The summed E-state index contributed by atoms with van der Waals surface area (Å²) in [5.74, 6) is 1.07. The number of tetrazole rings is 1. The molecule has 3 rings (SSSR count). The maximum absolute atomic E-state index is 12.0. The number of carbonyl (C=O) groups excluding carboxylic acids is 1. The normalized spacial score (nSPS) is 14.7. The van der Waals surface area contributed by atoms with Gasteiger partial charge in [0.25, 0.3) is 0 Å². The predicted octanol–water partition coefficient (Wildman–Crippen LogP) is 0.903. The molecule has 1 aromatic heterocycles. The highest BCUT2D eigenvalue weighted by atomic mass is 16.2. The van der Waals surface area contributed by atoms with E-state index < -0.39 is 0 Å². The highest BCUT2D eigenvalue weighted by Gasteiger charge is 2.30. The molecule has 0 radical (unpaired) electrons. The monoisotopic (exact) mass is 300 g/mol. The highest BCUT2D eigenvalue weighted by Crippen LogP contribution is 2.20. The quantitative estimate of drug-likeness (QED) is 0.910. The number of aromatic nitrogens is 4. The van der Waals surface area contributed by atoms with Crippen molar-refractivity contribution in [3.05, 3.63) is 41.2 Å². The van der Waals surface area contributed by atoms with E-state index in [4.69, 9.17) is 0 Å². The second kappa shape index (κ2) is 6.13. The van der Waals surface area contributed by atoms with Gasteiger partial charge in [-0.15, -0.1) is 10.2 Å². The zero-order chi connectivity index (χ0) is 15.5. The summed E-state index contributed by atoms with van der Waals surface area (Å²) < 4.78 is 0. The summed E-state index contributed by atoms with van der Waals surface area (Å²) >= 11 is 0. The van der Waals surface area contributed by atoms with Gasteiger partial charge in [0, 0.05) is 13.1 Å². The van der Waals surface area contributed by atoms with E-state index >= 15 is 0 Å². The van der Waals surface area contributed by atoms with Crippen molar-refractivity contribution in [3.63, 3.8) is 0 Å². The lowest BCUT2D eigenvalue weighted by Gasteiger charge is -2.39. The summed E-state index contributed by atoms with van der Waals surface area (Å²) in [6.45, 7) is 4.00. The van der Waals surface area contributed by atoms with Crippen LogP contribution in [0.3, 0.4) is 0 Å². The van der Waals surface area contributed by atoms with Gasteiger partial charge in [0.2, 0.25) is 0 Å². The van der Waals surface area contributed by atoms with Crippen LogP contribution in [0.15, 0.2) is 24.3 Å². The topological polar surface area (TPSA) is 75.9 Å². The predicted molar refractivity (Wildman–Crippen MR) is 81.0 cm³/mol. The summed E-state index contributed by atoms with van der Waals surface area (Å²) in [5, 5.41) is 14.4. The third kappa shape index (κ3) is 3.41. The Bertz CT molecular complexity index is 644. The lowest BCUT2D eigenvalue weighted by Crippen LogP contribution is -2.54. The van der Waals surface area contributed by atoms with Crippen LogP contribution in [0.5, 0.6) is 0 Å². The largest absolute Gasteiger partial charge is 0.331 e. The average molecular weight is 300 g/mol. The Morgan fingerprint density at radius 1 is 1.32 bits per heavy atom. The van der Waals surface area contributed by atoms with E-state index in [0.29, 0.717) is 18.3 Å². The molecule has 1 aliphatic heterocycles. The summed E-state index contributed by atoms with van der Waals surface area (Å²) in [5.41, 5.74) is 2.61. The molecule has 116 valence electrons. The van der Waals surface area contributed by atoms with Crippen molar-refractivity contribution in [2.75, 3.05) is 13.1 Å². The van der Waals surface area contributed by atoms with Crippen LogP contribution >= 0.6 is 0 Å². The van der Waals surface area contributed by atoms with Crippen molar-refractivity contribution in [1.82, 2.24) is 30.4 Å². The number of aryl methyl sites for hydroxylation is 2. The Morgan fingerprint density at radius 2 is 2.05 bits per heavy atom. The lowest BCUT2D eigenvalue weighted by molar-refractivity contribution is 0.120. The third-order valence-corrected chi connectivity index (χ3v) is 3.84. The molecule has 1 saturated heterocycles. The molecule has 0 unspecified atom stereocenters. The van der Waals surface area contributed by atoms with Gasteiger partial charge in [0.1, 0.15) is 0 Å².